The average molecular weight is 342 g/mol. The van der Waals surface area contributed by atoms with Crippen molar-refractivity contribution in [1.82, 2.24) is 20.1 Å². The molecule has 0 aliphatic carbocycles. The Hall–Kier alpha value is -2.72. The molecular weight excluding hydrogens is 320 g/mol. The van der Waals surface area contributed by atoms with Crippen molar-refractivity contribution in [1.29, 1.82) is 0 Å². The number of fused-ring (bicyclic) bond motifs is 2. The molecule has 4 aromatic rings. The summed E-state index contributed by atoms with van der Waals surface area (Å²) in [6, 6.07) is 17.9. The second-order valence-electron chi connectivity index (χ2n) is 7.30. The molecule has 1 aliphatic heterocycles. The zero-order chi connectivity index (χ0) is 17.5. The molecule has 26 heavy (non-hydrogen) atoms. The first kappa shape index (κ1) is 15.5. The van der Waals surface area contributed by atoms with Gasteiger partial charge in [0, 0.05) is 36.3 Å². The minimum Gasteiger partial charge on any atom is -0.310 e. The van der Waals surface area contributed by atoms with Crippen molar-refractivity contribution in [3.8, 4) is 0 Å². The van der Waals surface area contributed by atoms with Crippen LogP contribution in [0.5, 0.6) is 0 Å². The van der Waals surface area contributed by atoms with E-state index >= 15 is 0 Å². The van der Waals surface area contributed by atoms with Crippen molar-refractivity contribution < 1.29 is 0 Å². The molecule has 0 amide bonds. The molecule has 130 valence electrons. The van der Waals surface area contributed by atoms with Crippen LogP contribution in [-0.2, 0) is 7.05 Å². The molecule has 1 N–H and O–H groups in total. The summed E-state index contributed by atoms with van der Waals surface area (Å²) in [7, 11) is 1.98. The van der Waals surface area contributed by atoms with Crippen molar-refractivity contribution >= 4 is 21.8 Å². The third kappa shape index (κ3) is 2.76. The van der Waals surface area contributed by atoms with Crippen LogP contribution in [0.25, 0.3) is 21.8 Å². The molecule has 1 fully saturated rings. The number of hydrogen-bond acceptors (Lipinski definition) is 3. The Kier molecular flexibility index (Phi) is 3.71. The third-order valence-electron chi connectivity index (χ3n) is 5.55. The van der Waals surface area contributed by atoms with Gasteiger partial charge in [-0.2, -0.15) is 5.10 Å². The lowest BCUT2D eigenvalue weighted by Gasteiger charge is -2.31. The zero-order valence-electron chi connectivity index (χ0n) is 14.9. The first-order valence-corrected chi connectivity index (χ1v) is 9.28. The highest BCUT2D eigenvalue weighted by Gasteiger charge is 2.24. The number of aryl methyl sites for hydroxylation is 1. The summed E-state index contributed by atoms with van der Waals surface area (Å²) in [4.78, 5) is 4.44. The molecule has 4 nitrogen and oxygen atoms in total. The third-order valence-corrected chi connectivity index (χ3v) is 5.55. The van der Waals surface area contributed by atoms with E-state index in [0.29, 0.717) is 12.0 Å². The second kappa shape index (κ2) is 6.22. The van der Waals surface area contributed by atoms with Crippen LogP contribution in [0.3, 0.4) is 0 Å². The number of rotatable bonds is 2. The van der Waals surface area contributed by atoms with Gasteiger partial charge in [0.15, 0.2) is 0 Å². The minimum atomic E-state index is 0.392. The summed E-state index contributed by atoms with van der Waals surface area (Å²) in [6.07, 6.45) is 6.25. The van der Waals surface area contributed by atoms with Gasteiger partial charge in [-0.05, 0) is 66.8 Å². The van der Waals surface area contributed by atoms with E-state index in [4.69, 9.17) is 0 Å². The van der Waals surface area contributed by atoms with Gasteiger partial charge in [0.1, 0.15) is 0 Å². The summed E-state index contributed by atoms with van der Waals surface area (Å²) in [5.41, 5.74) is 4.92. The van der Waals surface area contributed by atoms with E-state index in [2.05, 4.69) is 64.1 Å². The van der Waals surface area contributed by atoms with Crippen LogP contribution in [0.4, 0.5) is 0 Å². The first-order chi connectivity index (χ1) is 12.8. The first-order valence-electron chi connectivity index (χ1n) is 9.28. The van der Waals surface area contributed by atoms with Crippen LogP contribution < -0.4 is 5.32 Å². The summed E-state index contributed by atoms with van der Waals surface area (Å²) < 4.78 is 1.88. The molecule has 1 aliphatic rings. The topological polar surface area (TPSA) is 42.7 Å². The fraction of sp³-hybridized carbons (Fsp3) is 0.273. The number of nitrogens with zero attached hydrogens (tertiary/aromatic N) is 3. The summed E-state index contributed by atoms with van der Waals surface area (Å²) in [6.45, 7) is 1.05. The Morgan fingerprint density at radius 1 is 1.00 bits per heavy atom. The Morgan fingerprint density at radius 3 is 2.81 bits per heavy atom. The van der Waals surface area contributed by atoms with E-state index < -0.39 is 0 Å². The lowest BCUT2D eigenvalue weighted by molar-refractivity contribution is 0.370. The van der Waals surface area contributed by atoms with Crippen LogP contribution in [0.2, 0.25) is 0 Å². The van der Waals surface area contributed by atoms with Crippen LogP contribution in [0.1, 0.15) is 35.9 Å². The summed E-state index contributed by atoms with van der Waals surface area (Å²) >= 11 is 0. The Balaban J connectivity index is 1.44. The average Bonchev–Trinajstić information content (AvgIpc) is 3.07. The Bertz CT molecular complexity index is 1080. The number of pyridine rings is 1. The zero-order valence-corrected chi connectivity index (χ0v) is 14.9. The highest BCUT2D eigenvalue weighted by atomic mass is 15.2. The number of hydrogen-bond donors (Lipinski definition) is 1. The predicted octanol–water partition coefficient (Wildman–Crippen LogP) is 4.33. The van der Waals surface area contributed by atoms with Gasteiger partial charge in [-0.15, -0.1) is 0 Å². The SMILES string of the molecule is Cn1cc2cc(C3CC(c4ccc5ncccc5c4)CCN3)ccc2n1. The molecule has 2 unspecified atom stereocenters. The van der Waals surface area contributed by atoms with Crippen molar-refractivity contribution in [2.75, 3.05) is 6.54 Å². The smallest absolute Gasteiger partial charge is 0.0923 e. The van der Waals surface area contributed by atoms with Gasteiger partial charge in [-0.3, -0.25) is 9.67 Å². The Labute approximate surface area is 152 Å². The van der Waals surface area contributed by atoms with Gasteiger partial charge >= 0.3 is 0 Å². The van der Waals surface area contributed by atoms with E-state index in [-0.39, 0.29) is 0 Å². The van der Waals surface area contributed by atoms with Gasteiger partial charge in [0.25, 0.3) is 0 Å². The molecule has 1 saturated heterocycles. The maximum absolute atomic E-state index is 4.48. The van der Waals surface area contributed by atoms with E-state index in [9.17, 15) is 0 Å². The minimum absolute atomic E-state index is 0.392. The van der Waals surface area contributed by atoms with E-state index in [1.54, 1.807) is 0 Å². The lowest BCUT2D eigenvalue weighted by Crippen LogP contribution is -2.30. The van der Waals surface area contributed by atoms with Crippen molar-refractivity contribution in [3.63, 3.8) is 0 Å². The predicted molar refractivity (Wildman–Crippen MR) is 105 cm³/mol. The van der Waals surface area contributed by atoms with Crippen LogP contribution in [0, 0.1) is 0 Å². The molecule has 5 rings (SSSR count). The molecule has 2 atom stereocenters. The fourth-order valence-corrected chi connectivity index (χ4v) is 4.21. The van der Waals surface area contributed by atoms with Crippen molar-refractivity contribution in [2.24, 2.45) is 7.05 Å². The van der Waals surface area contributed by atoms with Gasteiger partial charge < -0.3 is 5.32 Å². The maximum Gasteiger partial charge on any atom is 0.0923 e. The molecule has 0 saturated carbocycles. The van der Waals surface area contributed by atoms with Gasteiger partial charge in [0.05, 0.1) is 11.0 Å². The van der Waals surface area contributed by atoms with Gasteiger partial charge in [-0.25, -0.2) is 0 Å². The molecule has 4 heteroatoms. The normalized spacial score (nSPS) is 20.7. The largest absolute Gasteiger partial charge is 0.310 e. The molecule has 0 spiro atoms. The Morgan fingerprint density at radius 2 is 1.85 bits per heavy atom. The van der Waals surface area contributed by atoms with Crippen LogP contribution >= 0.6 is 0 Å². The maximum atomic E-state index is 4.48. The fourth-order valence-electron chi connectivity index (χ4n) is 4.21. The van der Waals surface area contributed by atoms with Crippen LogP contribution in [-0.4, -0.2) is 21.3 Å². The quantitative estimate of drug-likeness (QED) is 0.589. The molecule has 3 heterocycles. The molecule has 0 radical (unpaired) electrons. The number of aromatic nitrogens is 3. The number of nitrogens with one attached hydrogen (secondary N) is 1. The lowest BCUT2D eigenvalue weighted by atomic mass is 9.83. The van der Waals surface area contributed by atoms with E-state index in [1.807, 2.05) is 24.0 Å². The molecule has 0 bridgehead atoms. The van der Waals surface area contributed by atoms with Crippen LogP contribution in [0.15, 0.2) is 60.9 Å². The van der Waals surface area contributed by atoms with E-state index in [0.717, 1.165) is 24.0 Å². The molecular formula is C22H22N4. The monoisotopic (exact) mass is 342 g/mol. The molecule has 2 aromatic carbocycles. The number of piperidine rings is 1. The molecule has 2 aromatic heterocycles. The summed E-state index contributed by atoms with van der Waals surface area (Å²) in [5, 5.41) is 10.6. The number of benzene rings is 2. The van der Waals surface area contributed by atoms with Gasteiger partial charge in [0.2, 0.25) is 0 Å². The van der Waals surface area contributed by atoms with Gasteiger partial charge in [-0.1, -0.05) is 18.2 Å². The standard InChI is InChI=1S/C22H22N4/c1-26-14-19-12-18(5-7-21(19)25-26)22-13-16(8-10-24-22)15-4-6-20-17(11-15)3-2-9-23-20/h2-7,9,11-12,14,16,22,24H,8,10,13H2,1H3. The van der Waals surface area contributed by atoms with Crippen molar-refractivity contribution in [3.05, 3.63) is 72.1 Å². The highest BCUT2D eigenvalue weighted by molar-refractivity contribution is 5.79. The van der Waals surface area contributed by atoms with E-state index in [1.165, 1.54) is 28.3 Å². The van der Waals surface area contributed by atoms with Crippen molar-refractivity contribution in [2.45, 2.75) is 24.8 Å². The summed E-state index contributed by atoms with van der Waals surface area (Å²) in [5.74, 6) is 0.579. The second-order valence-corrected chi connectivity index (χ2v) is 7.30. The highest BCUT2D eigenvalue weighted by Crippen LogP contribution is 2.35.